The second kappa shape index (κ2) is 10.7. The van der Waals surface area contributed by atoms with Gasteiger partial charge < -0.3 is 31.3 Å². The molecule has 26 heavy (non-hydrogen) atoms. The number of carbonyl (C=O) groups is 4. The molecule has 0 aromatic rings. The summed E-state index contributed by atoms with van der Waals surface area (Å²) in [5.74, 6) is -2.99. The Balaban J connectivity index is 2.26. The Morgan fingerprint density at radius 2 is 1.81 bits per heavy atom. The fourth-order valence-electron chi connectivity index (χ4n) is 2.49. The number of carboxylic acid groups (broad SMARTS) is 2. The smallest absolute Gasteiger partial charge is 0.336 e. The van der Waals surface area contributed by atoms with E-state index in [1.54, 1.807) is 0 Å². The number of carboxylic acids is 2. The van der Waals surface area contributed by atoms with Crippen LogP contribution in [0.3, 0.4) is 0 Å². The molecule has 0 saturated carbocycles. The van der Waals surface area contributed by atoms with Crippen LogP contribution in [0.15, 0.2) is 0 Å². The molecule has 2 amide bonds. The minimum Gasteiger partial charge on any atom is -0.480 e. The zero-order chi connectivity index (χ0) is 19.7. The van der Waals surface area contributed by atoms with Gasteiger partial charge in [-0.3, -0.25) is 14.4 Å². The quantitative estimate of drug-likeness (QED) is 0.206. The molecule has 0 bridgehead atoms. The zero-order valence-corrected chi connectivity index (χ0v) is 14.8. The number of unbranched alkanes of at least 4 members (excludes halogenated alkanes) is 1. The first kappa shape index (κ1) is 21.8. The highest BCUT2D eigenvalue weighted by molar-refractivity contribution is 5.92. The topological polar surface area (TPSA) is 171 Å². The van der Waals surface area contributed by atoms with Gasteiger partial charge >= 0.3 is 11.9 Å². The Bertz CT molecular complexity index is 526. The molecular formula is C16H27N3O7. The largest absolute Gasteiger partial charge is 0.480 e. The zero-order valence-electron chi connectivity index (χ0n) is 14.8. The molecule has 0 radical (unpaired) electrons. The number of nitrogens with one attached hydrogen (secondary N) is 2. The number of amides is 2. The first-order valence-corrected chi connectivity index (χ1v) is 8.70. The summed E-state index contributed by atoms with van der Waals surface area (Å²) in [6, 6.07) is -1.29. The Labute approximate surface area is 151 Å². The van der Waals surface area contributed by atoms with Crippen molar-refractivity contribution in [3.8, 4) is 0 Å². The number of rotatable bonds is 13. The van der Waals surface area contributed by atoms with Gasteiger partial charge in [0.15, 0.2) is 12.2 Å². The summed E-state index contributed by atoms with van der Waals surface area (Å²) in [6.07, 6.45) is 0.837. The van der Waals surface area contributed by atoms with Gasteiger partial charge in [-0.25, -0.2) is 4.79 Å². The van der Waals surface area contributed by atoms with E-state index >= 15 is 0 Å². The monoisotopic (exact) mass is 373 g/mol. The third-order valence-corrected chi connectivity index (χ3v) is 3.99. The second-order valence-corrected chi connectivity index (χ2v) is 6.30. The van der Waals surface area contributed by atoms with Crippen molar-refractivity contribution in [3.63, 3.8) is 0 Å². The van der Waals surface area contributed by atoms with Crippen LogP contribution in [-0.4, -0.2) is 64.8 Å². The van der Waals surface area contributed by atoms with Crippen LogP contribution in [0.5, 0.6) is 0 Å². The number of aliphatic carboxylic acids is 2. The molecule has 4 unspecified atom stereocenters. The van der Waals surface area contributed by atoms with E-state index in [0.29, 0.717) is 32.2 Å². The van der Waals surface area contributed by atoms with Gasteiger partial charge in [-0.1, -0.05) is 13.3 Å². The van der Waals surface area contributed by atoms with E-state index < -0.39 is 42.1 Å². The first-order chi connectivity index (χ1) is 12.3. The van der Waals surface area contributed by atoms with Crippen molar-refractivity contribution in [1.82, 2.24) is 10.6 Å². The molecule has 1 heterocycles. The standard InChI is InChI=1S/C16H27N3O7/c1-2-5-9(19-14(21)12-13(26-12)16(24)25)8-11(20)18-7-4-3-6-10(17)15(22)23/h9-10,12-13H,2-8,17H2,1H3,(H,18,20)(H,19,21)(H,22,23)(H,24,25). The van der Waals surface area contributed by atoms with Crippen LogP contribution in [0, 0.1) is 0 Å². The minimum atomic E-state index is -1.18. The Kier molecular flexibility index (Phi) is 9.00. The third kappa shape index (κ3) is 7.79. The molecule has 6 N–H and O–H groups in total. The van der Waals surface area contributed by atoms with Gasteiger partial charge in [-0.15, -0.1) is 0 Å². The summed E-state index contributed by atoms with van der Waals surface area (Å²) < 4.78 is 4.79. The van der Waals surface area contributed by atoms with E-state index in [-0.39, 0.29) is 12.3 Å². The summed E-state index contributed by atoms with van der Waals surface area (Å²) in [4.78, 5) is 45.2. The van der Waals surface area contributed by atoms with E-state index in [0.717, 1.165) is 6.42 Å². The minimum absolute atomic E-state index is 0.0820. The SMILES string of the molecule is CCCC(CC(=O)NCCCCC(N)C(=O)O)NC(=O)C1OC1C(=O)O. The maximum atomic E-state index is 12.0. The summed E-state index contributed by atoms with van der Waals surface area (Å²) in [6.45, 7) is 2.31. The van der Waals surface area contributed by atoms with Crippen LogP contribution in [0.1, 0.15) is 45.4 Å². The van der Waals surface area contributed by atoms with Crippen LogP contribution >= 0.6 is 0 Å². The predicted octanol–water partition coefficient (Wildman–Crippen LogP) is -0.788. The maximum Gasteiger partial charge on any atom is 0.336 e. The van der Waals surface area contributed by atoms with Crippen LogP contribution in [0.4, 0.5) is 0 Å². The van der Waals surface area contributed by atoms with Gasteiger partial charge in [0.2, 0.25) is 5.91 Å². The molecule has 4 atom stereocenters. The Morgan fingerprint density at radius 3 is 2.35 bits per heavy atom. The molecule has 1 aliphatic rings. The molecule has 0 aromatic heterocycles. The van der Waals surface area contributed by atoms with Gasteiger partial charge in [0.05, 0.1) is 0 Å². The number of nitrogens with two attached hydrogens (primary N) is 1. The van der Waals surface area contributed by atoms with Gasteiger partial charge in [0, 0.05) is 19.0 Å². The van der Waals surface area contributed by atoms with Gasteiger partial charge in [0.1, 0.15) is 6.04 Å². The van der Waals surface area contributed by atoms with E-state index in [2.05, 4.69) is 10.6 Å². The molecular weight excluding hydrogens is 346 g/mol. The molecule has 1 aliphatic heterocycles. The molecule has 0 aromatic carbocycles. The number of carbonyl (C=O) groups excluding carboxylic acids is 2. The van der Waals surface area contributed by atoms with Crippen molar-refractivity contribution in [2.75, 3.05) is 6.54 Å². The maximum absolute atomic E-state index is 12.0. The van der Waals surface area contributed by atoms with E-state index in [9.17, 15) is 19.2 Å². The number of epoxide rings is 1. The van der Waals surface area contributed by atoms with Gasteiger partial charge in [-0.05, 0) is 25.7 Å². The van der Waals surface area contributed by atoms with Gasteiger partial charge in [-0.2, -0.15) is 0 Å². The lowest BCUT2D eigenvalue weighted by atomic mass is 10.1. The lowest BCUT2D eigenvalue weighted by Crippen LogP contribution is -2.42. The van der Waals surface area contributed by atoms with E-state index in [1.807, 2.05) is 6.92 Å². The molecule has 10 heteroatoms. The van der Waals surface area contributed by atoms with Crippen LogP contribution in [0.25, 0.3) is 0 Å². The van der Waals surface area contributed by atoms with E-state index in [4.69, 9.17) is 20.7 Å². The Morgan fingerprint density at radius 1 is 1.12 bits per heavy atom. The van der Waals surface area contributed by atoms with Crippen LogP contribution < -0.4 is 16.4 Å². The fourth-order valence-corrected chi connectivity index (χ4v) is 2.49. The number of ether oxygens (including phenoxy) is 1. The third-order valence-electron chi connectivity index (χ3n) is 3.99. The van der Waals surface area contributed by atoms with Crippen molar-refractivity contribution < 1.29 is 34.1 Å². The summed E-state index contributed by atoms with van der Waals surface area (Å²) in [7, 11) is 0. The molecule has 1 fully saturated rings. The van der Waals surface area contributed by atoms with Crippen molar-refractivity contribution in [3.05, 3.63) is 0 Å². The van der Waals surface area contributed by atoms with Crippen LogP contribution in [-0.2, 0) is 23.9 Å². The number of hydrogen-bond acceptors (Lipinski definition) is 6. The molecule has 10 nitrogen and oxygen atoms in total. The summed E-state index contributed by atoms with van der Waals surface area (Å²) in [5.41, 5.74) is 5.39. The molecule has 1 rings (SSSR count). The van der Waals surface area contributed by atoms with Crippen molar-refractivity contribution in [2.24, 2.45) is 5.73 Å². The average molecular weight is 373 g/mol. The lowest BCUT2D eigenvalue weighted by Gasteiger charge is -2.17. The fraction of sp³-hybridized carbons (Fsp3) is 0.750. The average Bonchev–Trinajstić information content (AvgIpc) is 3.35. The molecule has 0 spiro atoms. The molecule has 0 aliphatic carbocycles. The van der Waals surface area contributed by atoms with Crippen molar-refractivity contribution in [2.45, 2.75) is 69.7 Å². The normalized spacial score (nSPS) is 20.7. The molecule has 148 valence electrons. The highest BCUT2D eigenvalue weighted by Gasteiger charge is 2.51. The summed E-state index contributed by atoms with van der Waals surface area (Å²) in [5, 5.41) is 22.8. The van der Waals surface area contributed by atoms with E-state index in [1.165, 1.54) is 0 Å². The second-order valence-electron chi connectivity index (χ2n) is 6.30. The molecule has 1 saturated heterocycles. The lowest BCUT2D eigenvalue weighted by molar-refractivity contribution is -0.139. The van der Waals surface area contributed by atoms with Crippen LogP contribution in [0.2, 0.25) is 0 Å². The highest BCUT2D eigenvalue weighted by atomic mass is 16.6. The Hall–Kier alpha value is -2.20. The highest BCUT2D eigenvalue weighted by Crippen LogP contribution is 2.22. The van der Waals surface area contributed by atoms with Crippen molar-refractivity contribution in [1.29, 1.82) is 0 Å². The van der Waals surface area contributed by atoms with Gasteiger partial charge in [0.25, 0.3) is 5.91 Å². The predicted molar refractivity (Wildman–Crippen MR) is 90.2 cm³/mol. The summed E-state index contributed by atoms with van der Waals surface area (Å²) >= 11 is 0. The van der Waals surface area contributed by atoms with Crippen molar-refractivity contribution >= 4 is 23.8 Å². The first-order valence-electron chi connectivity index (χ1n) is 8.70. The number of hydrogen-bond donors (Lipinski definition) is 5.